The molecule has 2 unspecified atom stereocenters. The number of hydrogen-bond donors (Lipinski definition) is 1. The van der Waals surface area contributed by atoms with Crippen LogP contribution >= 0.6 is 0 Å². The predicted octanol–water partition coefficient (Wildman–Crippen LogP) is 5.06. The molecule has 1 aliphatic rings. The number of para-hydroxylation sites is 1. The summed E-state index contributed by atoms with van der Waals surface area (Å²) in [6.07, 6.45) is 1.01. The van der Waals surface area contributed by atoms with Crippen molar-refractivity contribution >= 4 is 5.88 Å². The molecule has 1 N–H and O–H groups in total. The lowest BCUT2D eigenvalue weighted by Gasteiger charge is -2.27. The molecule has 0 amide bonds. The third-order valence-corrected chi connectivity index (χ3v) is 6.16. The summed E-state index contributed by atoms with van der Waals surface area (Å²) in [7, 11) is 1.71. The van der Waals surface area contributed by atoms with E-state index < -0.39 is 0 Å². The summed E-state index contributed by atoms with van der Waals surface area (Å²) >= 11 is 0. The lowest BCUT2D eigenvalue weighted by Crippen LogP contribution is -2.36. The summed E-state index contributed by atoms with van der Waals surface area (Å²) < 4.78 is 17.6. The SMILES string of the molecule is CCC(C)C(NCc1ccccc1OC)c1nc(-c2ccccc2)c(N2CCOCC2)o1. The van der Waals surface area contributed by atoms with Crippen LogP contribution in [0.2, 0.25) is 0 Å². The molecule has 6 heteroatoms. The summed E-state index contributed by atoms with van der Waals surface area (Å²) in [5.41, 5.74) is 3.08. The summed E-state index contributed by atoms with van der Waals surface area (Å²) in [4.78, 5) is 7.28. The van der Waals surface area contributed by atoms with Gasteiger partial charge in [0.2, 0.25) is 11.8 Å². The third-order valence-electron chi connectivity index (χ3n) is 6.16. The molecule has 2 heterocycles. The van der Waals surface area contributed by atoms with Gasteiger partial charge in [0.25, 0.3) is 0 Å². The summed E-state index contributed by atoms with van der Waals surface area (Å²) in [5, 5.41) is 3.69. The third kappa shape index (κ3) is 4.97. The zero-order chi connectivity index (χ0) is 22.3. The van der Waals surface area contributed by atoms with Gasteiger partial charge in [0.1, 0.15) is 11.4 Å². The Labute approximate surface area is 190 Å². The molecule has 1 fully saturated rings. The molecule has 2 aromatic carbocycles. The summed E-state index contributed by atoms with van der Waals surface area (Å²) in [6, 6.07) is 18.4. The molecule has 6 nitrogen and oxygen atoms in total. The Morgan fingerprint density at radius 2 is 1.78 bits per heavy atom. The van der Waals surface area contributed by atoms with Gasteiger partial charge in [-0.15, -0.1) is 0 Å². The number of ether oxygens (including phenoxy) is 2. The Morgan fingerprint density at radius 1 is 1.06 bits per heavy atom. The molecule has 0 aliphatic carbocycles. The summed E-state index contributed by atoms with van der Waals surface area (Å²) in [5.74, 6) is 2.80. The lowest BCUT2D eigenvalue weighted by molar-refractivity contribution is 0.120. The van der Waals surface area contributed by atoms with E-state index in [1.165, 1.54) is 0 Å². The minimum Gasteiger partial charge on any atom is -0.496 e. The molecule has 1 aromatic heterocycles. The van der Waals surface area contributed by atoms with Crippen molar-refractivity contribution in [2.45, 2.75) is 32.9 Å². The van der Waals surface area contributed by atoms with E-state index in [0.717, 1.165) is 53.9 Å². The van der Waals surface area contributed by atoms with Gasteiger partial charge in [-0.25, -0.2) is 4.98 Å². The van der Waals surface area contributed by atoms with Crippen molar-refractivity contribution in [3.05, 3.63) is 66.1 Å². The first-order chi connectivity index (χ1) is 15.7. The van der Waals surface area contributed by atoms with Gasteiger partial charge in [-0.3, -0.25) is 0 Å². The maximum Gasteiger partial charge on any atom is 0.224 e. The number of aromatic nitrogens is 1. The van der Waals surface area contributed by atoms with Crippen LogP contribution in [0.25, 0.3) is 11.3 Å². The molecule has 3 aromatic rings. The smallest absolute Gasteiger partial charge is 0.224 e. The maximum absolute atomic E-state index is 6.50. The highest BCUT2D eigenvalue weighted by Crippen LogP contribution is 2.36. The Bertz CT molecular complexity index is 983. The minimum atomic E-state index is -0.0119. The molecule has 0 bridgehead atoms. The molecule has 2 atom stereocenters. The van der Waals surface area contributed by atoms with Crippen LogP contribution in [-0.2, 0) is 11.3 Å². The Morgan fingerprint density at radius 3 is 2.50 bits per heavy atom. The topological polar surface area (TPSA) is 59.8 Å². The Balaban J connectivity index is 1.67. The quantitative estimate of drug-likeness (QED) is 0.507. The van der Waals surface area contributed by atoms with Crippen molar-refractivity contribution in [2.75, 3.05) is 38.3 Å². The van der Waals surface area contributed by atoms with Gasteiger partial charge in [-0.2, -0.15) is 0 Å². The van der Waals surface area contributed by atoms with E-state index in [9.17, 15) is 0 Å². The molecular weight excluding hydrogens is 402 g/mol. The number of benzene rings is 2. The minimum absolute atomic E-state index is 0.0119. The molecule has 1 aliphatic heterocycles. The first kappa shape index (κ1) is 22.4. The number of nitrogens with one attached hydrogen (secondary N) is 1. The largest absolute Gasteiger partial charge is 0.496 e. The molecule has 1 saturated heterocycles. The molecule has 0 spiro atoms. The average molecular weight is 436 g/mol. The van der Waals surface area contributed by atoms with Crippen LogP contribution < -0.4 is 15.0 Å². The molecule has 4 rings (SSSR count). The zero-order valence-electron chi connectivity index (χ0n) is 19.2. The van der Waals surface area contributed by atoms with Crippen molar-refractivity contribution in [2.24, 2.45) is 5.92 Å². The van der Waals surface area contributed by atoms with Crippen LogP contribution in [0.4, 0.5) is 5.88 Å². The highest BCUT2D eigenvalue weighted by Gasteiger charge is 2.28. The second-order valence-electron chi connectivity index (χ2n) is 8.23. The number of oxazole rings is 1. The predicted molar refractivity (Wildman–Crippen MR) is 127 cm³/mol. The maximum atomic E-state index is 6.50. The van der Waals surface area contributed by atoms with Gasteiger partial charge in [0.05, 0.1) is 26.4 Å². The monoisotopic (exact) mass is 435 g/mol. The normalized spacial score (nSPS) is 16.0. The van der Waals surface area contributed by atoms with Crippen molar-refractivity contribution in [1.82, 2.24) is 10.3 Å². The van der Waals surface area contributed by atoms with Crippen LogP contribution in [0, 0.1) is 5.92 Å². The van der Waals surface area contributed by atoms with E-state index >= 15 is 0 Å². The number of morpholine rings is 1. The highest BCUT2D eigenvalue weighted by molar-refractivity contribution is 5.71. The zero-order valence-corrected chi connectivity index (χ0v) is 19.2. The van der Waals surface area contributed by atoms with Gasteiger partial charge in [-0.1, -0.05) is 68.8 Å². The van der Waals surface area contributed by atoms with Gasteiger partial charge in [0.15, 0.2) is 0 Å². The van der Waals surface area contributed by atoms with Gasteiger partial charge >= 0.3 is 0 Å². The second kappa shape index (κ2) is 10.7. The van der Waals surface area contributed by atoms with E-state index in [1.807, 2.05) is 36.4 Å². The van der Waals surface area contributed by atoms with Crippen LogP contribution in [-0.4, -0.2) is 38.4 Å². The number of rotatable bonds is 9. The highest BCUT2D eigenvalue weighted by atomic mass is 16.5. The van der Waals surface area contributed by atoms with E-state index in [1.54, 1.807) is 7.11 Å². The van der Waals surface area contributed by atoms with Gasteiger partial charge < -0.3 is 24.1 Å². The standard InChI is InChI=1S/C26H33N3O3/c1-4-19(2)23(27-18-21-12-8-9-13-22(21)30-3)25-28-24(20-10-6-5-7-11-20)26(32-25)29-14-16-31-17-15-29/h5-13,19,23,27H,4,14-18H2,1-3H3. The Hall–Kier alpha value is -2.83. The Kier molecular flexibility index (Phi) is 7.45. The fourth-order valence-electron chi connectivity index (χ4n) is 4.06. The fourth-order valence-corrected chi connectivity index (χ4v) is 4.06. The molecule has 170 valence electrons. The van der Waals surface area contributed by atoms with Crippen molar-refractivity contribution in [3.8, 4) is 17.0 Å². The second-order valence-corrected chi connectivity index (χ2v) is 8.23. The number of nitrogens with zero attached hydrogens (tertiary/aromatic N) is 2. The van der Waals surface area contributed by atoms with E-state index in [0.29, 0.717) is 25.7 Å². The average Bonchev–Trinajstić information content (AvgIpc) is 3.30. The number of anilines is 1. The van der Waals surface area contributed by atoms with Gasteiger partial charge in [-0.05, 0) is 12.0 Å². The van der Waals surface area contributed by atoms with Crippen molar-refractivity contribution in [1.29, 1.82) is 0 Å². The van der Waals surface area contributed by atoms with E-state index in [4.69, 9.17) is 18.9 Å². The van der Waals surface area contributed by atoms with Crippen LogP contribution in [0.1, 0.15) is 37.8 Å². The van der Waals surface area contributed by atoms with Crippen LogP contribution in [0.3, 0.4) is 0 Å². The van der Waals surface area contributed by atoms with E-state index in [-0.39, 0.29) is 6.04 Å². The number of hydrogen-bond acceptors (Lipinski definition) is 6. The van der Waals surface area contributed by atoms with E-state index in [2.05, 4.69) is 42.3 Å². The first-order valence-corrected chi connectivity index (χ1v) is 11.4. The summed E-state index contributed by atoms with van der Waals surface area (Å²) in [6.45, 7) is 8.12. The van der Waals surface area contributed by atoms with Crippen molar-refractivity contribution in [3.63, 3.8) is 0 Å². The molecule has 32 heavy (non-hydrogen) atoms. The van der Waals surface area contributed by atoms with Crippen LogP contribution in [0.5, 0.6) is 5.75 Å². The lowest BCUT2D eigenvalue weighted by atomic mass is 9.98. The van der Waals surface area contributed by atoms with Gasteiger partial charge in [0, 0.05) is 30.8 Å². The van der Waals surface area contributed by atoms with Crippen LogP contribution in [0.15, 0.2) is 59.0 Å². The molecule has 0 radical (unpaired) electrons. The molecule has 0 saturated carbocycles. The first-order valence-electron chi connectivity index (χ1n) is 11.4. The number of methoxy groups -OCH3 is 1. The fraction of sp³-hybridized carbons (Fsp3) is 0.423. The van der Waals surface area contributed by atoms with Crippen molar-refractivity contribution < 1.29 is 13.9 Å². The molecular formula is C26H33N3O3.